The molecule has 0 fully saturated rings. The van der Waals surface area contributed by atoms with Crippen LogP contribution in [0.2, 0.25) is 0 Å². The summed E-state index contributed by atoms with van der Waals surface area (Å²) in [6.45, 7) is 0. The number of aromatic carboxylic acids is 1. The van der Waals surface area contributed by atoms with Gasteiger partial charge >= 0.3 is 5.97 Å². The van der Waals surface area contributed by atoms with Crippen LogP contribution >= 0.6 is 23.1 Å². The molecule has 4 nitrogen and oxygen atoms in total. The molecular formula is C23H14N2O2S2. The van der Waals surface area contributed by atoms with Gasteiger partial charge in [-0.25, -0.2) is 14.8 Å². The van der Waals surface area contributed by atoms with E-state index in [2.05, 4.69) is 6.07 Å². The zero-order valence-electron chi connectivity index (χ0n) is 15.1. The minimum Gasteiger partial charge on any atom is -0.478 e. The lowest BCUT2D eigenvalue weighted by atomic mass is 10.1. The van der Waals surface area contributed by atoms with Crippen molar-refractivity contribution in [3.05, 3.63) is 84.4 Å². The van der Waals surface area contributed by atoms with Gasteiger partial charge in [-0.15, -0.1) is 11.3 Å². The third-order valence-electron chi connectivity index (χ3n) is 4.55. The molecule has 0 saturated carbocycles. The standard InChI is InChI=1S/C23H14N2O2S2/c26-23(27)15-8-2-5-11-19(15)28-21-13-16(14-7-1-3-9-17(14)24-21)22-25-18-10-4-6-12-20(18)29-22/h1-13H,(H,26,27). The van der Waals surface area contributed by atoms with E-state index in [1.165, 1.54) is 11.8 Å². The van der Waals surface area contributed by atoms with E-state index in [0.717, 1.165) is 36.7 Å². The highest BCUT2D eigenvalue weighted by Gasteiger charge is 2.15. The van der Waals surface area contributed by atoms with E-state index in [-0.39, 0.29) is 5.56 Å². The Morgan fingerprint density at radius 3 is 2.41 bits per heavy atom. The summed E-state index contributed by atoms with van der Waals surface area (Å²) in [6, 6.07) is 25.0. The van der Waals surface area contributed by atoms with Crippen molar-refractivity contribution in [2.45, 2.75) is 9.92 Å². The number of carbonyl (C=O) groups is 1. The number of benzene rings is 3. The van der Waals surface area contributed by atoms with Crippen molar-refractivity contribution < 1.29 is 9.90 Å². The quantitative estimate of drug-likeness (QED) is 0.371. The second-order valence-corrected chi connectivity index (χ2v) is 8.51. The molecule has 0 bridgehead atoms. The van der Waals surface area contributed by atoms with Gasteiger partial charge in [0, 0.05) is 15.8 Å². The molecule has 6 heteroatoms. The smallest absolute Gasteiger partial charge is 0.336 e. The summed E-state index contributed by atoms with van der Waals surface area (Å²) in [5.74, 6) is -0.944. The molecule has 0 atom stereocenters. The van der Waals surface area contributed by atoms with Crippen molar-refractivity contribution in [2.75, 3.05) is 0 Å². The van der Waals surface area contributed by atoms with Crippen LogP contribution in [0.4, 0.5) is 0 Å². The lowest BCUT2D eigenvalue weighted by Gasteiger charge is -2.09. The summed E-state index contributed by atoms with van der Waals surface area (Å²) in [5, 5.41) is 12.2. The van der Waals surface area contributed by atoms with Gasteiger partial charge in [-0.05, 0) is 36.4 Å². The van der Waals surface area contributed by atoms with Gasteiger partial charge in [-0.2, -0.15) is 0 Å². The zero-order chi connectivity index (χ0) is 19.8. The van der Waals surface area contributed by atoms with E-state index in [0.29, 0.717) is 4.90 Å². The summed E-state index contributed by atoms with van der Waals surface area (Å²) in [7, 11) is 0. The minimum atomic E-state index is -0.944. The van der Waals surface area contributed by atoms with Crippen LogP contribution in [0.25, 0.3) is 31.7 Å². The van der Waals surface area contributed by atoms with Gasteiger partial charge in [-0.1, -0.05) is 54.2 Å². The molecule has 0 spiro atoms. The van der Waals surface area contributed by atoms with Crippen LogP contribution in [-0.2, 0) is 0 Å². The fourth-order valence-electron chi connectivity index (χ4n) is 3.21. The topological polar surface area (TPSA) is 63.1 Å². The number of thiazole rings is 1. The molecule has 0 aliphatic carbocycles. The Hall–Kier alpha value is -3.22. The van der Waals surface area contributed by atoms with Gasteiger partial charge in [-0.3, -0.25) is 0 Å². The Balaban J connectivity index is 1.68. The molecular weight excluding hydrogens is 400 g/mol. The van der Waals surface area contributed by atoms with Crippen LogP contribution in [0, 0.1) is 0 Å². The number of carboxylic acid groups (broad SMARTS) is 1. The number of pyridine rings is 1. The van der Waals surface area contributed by atoms with Crippen molar-refractivity contribution in [1.29, 1.82) is 0 Å². The average Bonchev–Trinajstić information content (AvgIpc) is 3.17. The van der Waals surface area contributed by atoms with Crippen LogP contribution in [0.1, 0.15) is 10.4 Å². The number of aromatic nitrogens is 2. The van der Waals surface area contributed by atoms with E-state index < -0.39 is 5.97 Å². The van der Waals surface area contributed by atoms with E-state index >= 15 is 0 Å². The Morgan fingerprint density at radius 2 is 1.59 bits per heavy atom. The van der Waals surface area contributed by atoms with Gasteiger partial charge in [0.15, 0.2) is 0 Å². The predicted octanol–water partition coefficient (Wildman–Crippen LogP) is 6.36. The summed E-state index contributed by atoms with van der Waals surface area (Å²) in [4.78, 5) is 21.8. The molecule has 3 aromatic carbocycles. The molecule has 140 valence electrons. The number of para-hydroxylation sites is 2. The SMILES string of the molecule is O=C(O)c1ccccc1Sc1cc(-c2nc3ccccc3s2)c2ccccc2n1. The first kappa shape index (κ1) is 17.8. The Labute approximate surface area is 174 Å². The Kier molecular flexibility index (Phi) is 4.50. The van der Waals surface area contributed by atoms with Gasteiger partial charge in [0.25, 0.3) is 0 Å². The Morgan fingerprint density at radius 1 is 0.862 bits per heavy atom. The maximum Gasteiger partial charge on any atom is 0.336 e. The number of hydrogen-bond acceptors (Lipinski definition) is 5. The first-order valence-electron chi connectivity index (χ1n) is 8.95. The van der Waals surface area contributed by atoms with Gasteiger partial charge < -0.3 is 5.11 Å². The van der Waals surface area contributed by atoms with Crippen molar-refractivity contribution in [2.24, 2.45) is 0 Å². The molecule has 0 amide bonds. The molecule has 5 rings (SSSR count). The second-order valence-electron chi connectivity index (χ2n) is 6.42. The minimum absolute atomic E-state index is 0.272. The number of nitrogens with zero attached hydrogens (tertiary/aromatic N) is 2. The van der Waals surface area contributed by atoms with Crippen LogP contribution in [0.3, 0.4) is 0 Å². The molecule has 2 heterocycles. The fraction of sp³-hybridized carbons (Fsp3) is 0. The lowest BCUT2D eigenvalue weighted by Crippen LogP contribution is -1.98. The molecule has 2 aromatic heterocycles. The summed E-state index contributed by atoms with van der Waals surface area (Å²) in [6.07, 6.45) is 0. The second kappa shape index (κ2) is 7.31. The first-order valence-corrected chi connectivity index (χ1v) is 10.6. The number of rotatable bonds is 4. The fourth-order valence-corrected chi connectivity index (χ4v) is 5.17. The molecule has 5 aromatic rings. The lowest BCUT2D eigenvalue weighted by molar-refractivity contribution is 0.0693. The van der Waals surface area contributed by atoms with Crippen molar-refractivity contribution in [1.82, 2.24) is 9.97 Å². The van der Waals surface area contributed by atoms with E-state index in [1.807, 2.05) is 60.7 Å². The molecule has 0 radical (unpaired) electrons. The van der Waals surface area contributed by atoms with Crippen LogP contribution in [0.15, 0.2) is 88.8 Å². The number of carboxylic acids is 1. The molecule has 0 aliphatic heterocycles. The monoisotopic (exact) mass is 414 g/mol. The molecule has 29 heavy (non-hydrogen) atoms. The Bertz CT molecular complexity index is 1340. The average molecular weight is 415 g/mol. The van der Waals surface area contributed by atoms with Crippen LogP contribution in [-0.4, -0.2) is 21.0 Å². The third-order valence-corrected chi connectivity index (χ3v) is 6.61. The number of fused-ring (bicyclic) bond motifs is 2. The molecule has 1 N–H and O–H groups in total. The van der Waals surface area contributed by atoms with Crippen LogP contribution in [0.5, 0.6) is 0 Å². The summed E-state index contributed by atoms with van der Waals surface area (Å²) in [5.41, 5.74) is 3.11. The van der Waals surface area contributed by atoms with E-state index in [9.17, 15) is 9.90 Å². The van der Waals surface area contributed by atoms with Crippen molar-refractivity contribution in [3.63, 3.8) is 0 Å². The zero-order valence-corrected chi connectivity index (χ0v) is 16.7. The highest BCUT2D eigenvalue weighted by molar-refractivity contribution is 7.99. The van der Waals surface area contributed by atoms with Gasteiger partial charge in [0.05, 0.1) is 21.3 Å². The normalized spacial score (nSPS) is 11.2. The van der Waals surface area contributed by atoms with E-state index in [1.54, 1.807) is 23.5 Å². The first-order chi connectivity index (χ1) is 14.2. The third kappa shape index (κ3) is 3.37. The summed E-state index contributed by atoms with van der Waals surface area (Å²) < 4.78 is 1.13. The number of hydrogen-bond donors (Lipinski definition) is 1. The van der Waals surface area contributed by atoms with Gasteiger partial charge in [0.2, 0.25) is 0 Å². The largest absolute Gasteiger partial charge is 0.478 e. The highest BCUT2D eigenvalue weighted by atomic mass is 32.2. The molecule has 0 saturated heterocycles. The van der Waals surface area contributed by atoms with Crippen molar-refractivity contribution in [3.8, 4) is 10.6 Å². The van der Waals surface area contributed by atoms with Crippen LogP contribution < -0.4 is 0 Å². The summed E-state index contributed by atoms with van der Waals surface area (Å²) >= 11 is 3.00. The maximum absolute atomic E-state index is 11.6. The van der Waals surface area contributed by atoms with Gasteiger partial charge in [0.1, 0.15) is 10.0 Å². The van der Waals surface area contributed by atoms with E-state index in [4.69, 9.17) is 9.97 Å². The molecule has 0 unspecified atom stereocenters. The van der Waals surface area contributed by atoms with Crippen molar-refractivity contribution >= 4 is 50.2 Å². The predicted molar refractivity (Wildman–Crippen MR) is 118 cm³/mol. The highest BCUT2D eigenvalue weighted by Crippen LogP contribution is 2.38. The maximum atomic E-state index is 11.6. The molecule has 0 aliphatic rings.